The predicted molar refractivity (Wildman–Crippen MR) is 78.9 cm³/mol. The number of ketones is 1. The van der Waals surface area contributed by atoms with E-state index in [1.807, 2.05) is 18.2 Å². The summed E-state index contributed by atoms with van der Waals surface area (Å²) in [7, 11) is 1.61. The molecule has 0 saturated carbocycles. The highest BCUT2D eigenvalue weighted by Crippen LogP contribution is 2.30. The number of nitrogens with zero attached hydrogens (tertiary/aromatic N) is 1. The number of hydrogen-bond acceptors (Lipinski definition) is 5. The van der Waals surface area contributed by atoms with Crippen molar-refractivity contribution >= 4 is 16.8 Å². The molecule has 0 bridgehead atoms. The molecule has 1 saturated heterocycles. The molecule has 3 rings (SSSR count). The van der Waals surface area contributed by atoms with Gasteiger partial charge in [0, 0.05) is 18.5 Å². The van der Waals surface area contributed by atoms with Crippen LogP contribution in [0.4, 0.5) is 0 Å². The predicted octanol–water partition coefficient (Wildman–Crippen LogP) is 2.48. The third kappa shape index (κ3) is 2.80. The number of fused-ring (bicyclic) bond motifs is 1. The van der Waals surface area contributed by atoms with E-state index in [2.05, 4.69) is 4.90 Å². The van der Waals surface area contributed by atoms with Crippen LogP contribution in [-0.2, 0) is 11.3 Å². The van der Waals surface area contributed by atoms with E-state index in [-0.39, 0.29) is 5.78 Å². The third-order valence-corrected chi connectivity index (χ3v) is 3.79. The molecule has 0 radical (unpaired) electrons. The van der Waals surface area contributed by atoms with Crippen molar-refractivity contribution in [2.24, 2.45) is 0 Å². The van der Waals surface area contributed by atoms with Crippen LogP contribution in [0.3, 0.4) is 0 Å². The van der Waals surface area contributed by atoms with Gasteiger partial charge in [-0.05, 0) is 25.1 Å². The molecule has 2 aromatic rings. The molecular formula is C16H19NO4. The summed E-state index contributed by atoms with van der Waals surface area (Å²) >= 11 is 0. The van der Waals surface area contributed by atoms with Gasteiger partial charge in [0.2, 0.25) is 0 Å². The Hall–Kier alpha value is -1.85. The van der Waals surface area contributed by atoms with E-state index in [4.69, 9.17) is 13.9 Å². The Morgan fingerprint density at radius 2 is 2.10 bits per heavy atom. The fourth-order valence-electron chi connectivity index (χ4n) is 2.71. The van der Waals surface area contributed by atoms with Gasteiger partial charge in [-0.1, -0.05) is 0 Å². The first kappa shape index (κ1) is 14.1. The van der Waals surface area contributed by atoms with Crippen molar-refractivity contribution in [1.82, 2.24) is 4.90 Å². The molecule has 5 heteroatoms. The number of benzene rings is 1. The Labute approximate surface area is 123 Å². The van der Waals surface area contributed by atoms with Crippen molar-refractivity contribution in [2.45, 2.75) is 13.5 Å². The Morgan fingerprint density at radius 3 is 2.76 bits per heavy atom. The van der Waals surface area contributed by atoms with E-state index in [1.54, 1.807) is 14.0 Å². The van der Waals surface area contributed by atoms with Crippen molar-refractivity contribution in [3.63, 3.8) is 0 Å². The van der Waals surface area contributed by atoms with Crippen molar-refractivity contribution in [3.8, 4) is 5.75 Å². The van der Waals surface area contributed by atoms with Gasteiger partial charge in [0.05, 0.1) is 32.4 Å². The molecule has 112 valence electrons. The van der Waals surface area contributed by atoms with Gasteiger partial charge in [-0.3, -0.25) is 9.69 Å². The van der Waals surface area contributed by atoms with Gasteiger partial charge in [0.25, 0.3) is 0 Å². The first-order chi connectivity index (χ1) is 10.2. The normalized spacial score (nSPS) is 16.3. The van der Waals surface area contributed by atoms with Crippen LogP contribution in [-0.4, -0.2) is 44.1 Å². The molecule has 1 aromatic heterocycles. The Morgan fingerprint density at radius 1 is 1.33 bits per heavy atom. The summed E-state index contributed by atoms with van der Waals surface area (Å²) in [6, 6.07) is 5.55. The molecule has 2 heterocycles. The summed E-state index contributed by atoms with van der Waals surface area (Å²) in [5.41, 5.74) is 1.39. The number of rotatable bonds is 4. The van der Waals surface area contributed by atoms with E-state index in [1.165, 1.54) is 0 Å². The van der Waals surface area contributed by atoms with E-state index < -0.39 is 0 Å². The lowest BCUT2D eigenvalue weighted by molar-refractivity contribution is 0.0314. The van der Waals surface area contributed by atoms with Gasteiger partial charge < -0.3 is 13.9 Å². The molecule has 0 spiro atoms. The highest BCUT2D eigenvalue weighted by atomic mass is 16.5. The van der Waals surface area contributed by atoms with Gasteiger partial charge in [-0.15, -0.1) is 0 Å². The second-order valence-electron chi connectivity index (χ2n) is 5.21. The Balaban J connectivity index is 2.00. The molecule has 0 unspecified atom stereocenters. The molecule has 21 heavy (non-hydrogen) atoms. The lowest BCUT2D eigenvalue weighted by Crippen LogP contribution is -2.35. The first-order valence-electron chi connectivity index (χ1n) is 7.09. The molecule has 1 aliphatic heterocycles. The lowest BCUT2D eigenvalue weighted by Gasteiger charge is -2.25. The summed E-state index contributed by atoms with van der Waals surface area (Å²) < 4.78 is 16.5. The maximum atomic E-state index is 12.0. The summed E-state index contributed by atoms with van der Waals surface area (Å²) in [6.07, 6.45) is 0. The second kappa shape index (κ2) is 5.87. The van der Waals surface area contributed by atoms with Crippen LogP contribution in [0.25, 0.3) is 11.0 Å². The quantitative estimate of drug-likeness (QED) is 0.809. The number of morpholine rings is 1. The van der Waals surface area contributed by atoms with E-state index >= 15 is 0 Å². The minimum absolute atomic E-state index is 0.0188. The largest absolute Gasteiger partial charge is 0.497 e. The highest BCUT2D eigenvalue weighted by Gasteiger charge is 2.21. The van der Waals surface area contributed by atoms with Gasteiger partial charge in [0.1, 0.15) is 17.1 Å². The molecule has 1 fully saturated rings. The van der Waals surface area contributed by atoms with Crippen LogP contribution in [0, 0.1) is 0 Å². The van der Waals surface area contributed by atoms with E-state index in [0.717, 1.165) is 48.8 Å². The third-order valence-electron chi connectivity index (χ3n) is 3.79. The minimum atomic E-state index is 0.0188. The number of ether oxygens (including phenoxy) is 2. The van der Waals surface area contributed by atoms with Gasteiger partial charge >= 0.3 is 0 Å². The topological polar surface area (TPSA) is 51.9 Å². The van der Waals surface area contributed by atoms with Crippen LogP contribution in [0.1, 0.15) is 23.0 Å². The number of carbonyl (C=O) groups is 1. The summed E-state index contributed by atoms with van der Waals surface area (Å²) in [5, 5.41) is 0.824. The zero-order valence-electron chi connectivity index (χ0n) is 12.3. The molecular weight excluding hydrogens is 270 g/mol. The number of methoxy groups -OCH3 is 1. The van der Waals surface area contributed by atoms with Crippen LogP contribution >= 0.6 is 0 Å². The van der Waals surface area contributed by atoms with Crippen molar-refractivity contribution in [2.75, 3.05) is 33.4 Å². The molecule has 0 amide bonds. The minimum Gasteiger partial charge on any atom is -0.497 e. The molecule has 1 aliphatic rings. The molecule has 0 aliphatic carbocycles. The Bertz CT molecular complexity index is 656. The van der Waals surface area contributed by atoms with Gasteiger partial charge in [-0.25, -0.2) is 0 Å². The zero-order valence-corrected chi connectivity index (χ0v) is 12.3. The number of Topliss-reactive ketones (excluding diaryl/α,β-unsaturated/α-hetero) is 1. The monoisotopic (exact) mass is 289 g/mol. The van der Waals surface area contributed by atoms with Crippen LogP contribution in [0.2, 0.25) is 0 Å². The average molecular weight is 289 g/mol. The number of carbonyl (C=O) groups excluding carboxylic acids is 1. The van der Waals surface area contributed by atoms with Crippen LogP contribution in [0.15, 0.2) is 22.6 Å². The van der Waals surface area contributed by atoms with Crippen molar-refractivity contribution in [1.29, 1.82) is 0 Å². The number of furan rings is 1. The summed E-state index contributed by atoms with van der Waals surface area (Å²) in [5.74, 6) is 1.47. The first-order valence-corrected chi connectivity index (χ1v) is 7.09. The second-order valence-corrected chi connectivity index (χ2v) is 5.21. The summed E-state index contributed by atoms with van der Waals surface area (Å²) in [6.45, 7) is 5.38. The fraction of sp³-hybridized carbons (Fsp3) is 0.438. The van der Waals surface area contributed by atoms with Crippen LogP contribution < -0.4 is 4.74 Å². The maximum absolute atomic E-state index is 12.0. The standard InChI is InChI=1S/C16H19NO4/c1-11(18)16-13-9-12(19-2)3-4-14(13)21-15(16)10-17-5-7-20-8-6-17/h3-4,9H,5-8,10H2,1-2H3. The van der Waals surface area contributed by atoms with Crippen LogP contribution in [0.5, 0.6) is 5.75 Å². The SMILES string of the molecule is COc1ccc2oc(CN3CCOCC3)c(C(C)=O)c2c1. The summed E-state index contributed by atoms with van der Waals surface area (Å²) in [4.78, 5) is 14.3. The lowest BCUT2D eigenvalue weighted by atomic mass is 10.1. The molecule has 0 N–H and O–H groups in total. The van der Waals surface area contributed by atoms with E-state index in [0.29, 0.717) is 12.1 Å². The maximum Gasteiger partial charge on any atom is 0.164 e. The molecule has 0 atom stereocenters. The van der Waals surface area contributed by atoms with Crippen molar-refractivity contribution < 1.29 is 18.7 Å². The smallest absolute Gasteiger partial charge is 0.164 e. The van der Waals surface area contributed by atoms with E-state index in [9.17, 15) is 4.79 Å². The number of hydrogen-bond donors (Lipinski definition) is 0. The Kier molecular flexibility index (Phi) is 3.94. The fourth-order valence-corrected chi connectivity index (χ4v) is 2.71. The van der Waals surface area contributed by atoms with Gasteiger partial charge in [-0.2, -0.15) is 0 Å². The molecule has 5 nitrogen and oxygen atoms in total. The average Bonchev–Trinajstić information content (AvgIpc) is 2.85. The zero-order chi connectivity index (χ0) is 14.8. The van der Waals surface area contributed by atoms with Gasteiger partial charge in [0.15, 0.2) is 5.78 Å². The molecule has 1 aromatic carbocycles. The highest BCUT2D eigenvalue weighted by molar-refractivity contribution is 6.07. The van der Waals surface area contributed by atoms with Crippen molar-refractivity contribution in [3.05, 3.63) is 29.5 Å².